The Kier molecular flexibility index (Phi) is 7.75. The molecule has 1 aliphatic heterocycles. The molecular formula is C26H32N4O5S. The number of methoxy groups -OCH3 is 1. The molecule has 10 heteroatoms. The SMILES string of the molecule is COc1cc([C@H](C(=O)N2C[C@H](O)C[C@H]2C(=O)N[C@@H](C)c2ccc(-c3scnc3C)cc2)C(C)C)on1. The number of nitrogens with one attached hydrogen (secondary N) is 1. The molecule has 2 N–H and O–H groups in total. The van der Waals surface area contributed by atoms with E-state index in [0.29, 0.717) is 5.76 Å². The lowest BCUT2D eigenvalue weighted by Gasteiger charge is -2.29. The first-order valence-corrected chi connectivity index (χ1v) is 12.9. The molecular weight excluding hydrogens is 480 g/mol. The van der Waals surface area contributed by atoms with E-state index in [-0.39, 0.29) is 42.6 Å². The lowest BCUT2D eigenvalue weighted by Crippen LogP contribution is -2.48. The summed E-state index contributed by atoms with van der Waals surface area (Å²) in [7, 11) is 1.47. The number of likely N-dealkylation sites (tertiary alicyclic amines) is 1. The fraction of sp³-hybridized carbons (Fsp3) is 0.462. The summed E-state index contributed by atoms with van der Waals surface area (Å²) in [6, 6.07) is 8.54. The van der Waals surface area contributed by atoms with Gasteiger partial charge in [0.1, 0.15) is 12.0 Å². The Bertz CT molecular complexity index is 1210. The molecule has 0 saturated carbocycles. The van der Waals surface area contributed by atoms with Crippen LogP contribution in [-0.4, -0.2) is 57.8 Å². The molecule has 4 rings (SSSR count). The molecule has 2 amide bonds. The average molecular weight is 513 g/mol. The number of hydrogen-bond donors (Lipinski definition) is 2. The molecule has 2 aromatic heterocycles. The Hall–Kier alpha value is -3.24. The standard InChI is InChI=1S/C26H32N4O5S/c1-14(2)23(21-11-22(34-5)29-35-21)26(33)30-12-19(31)10-20(30)25(32)28-15(3)17-6-8-18(9-7-17)24-16(4)27-13-36-24/h6-9,11,13-15,19-20,23,31H,10,12H2,1-5H3,(H,28,32)/t15-,19+,20-,23+/m0/s1. The molecule has 0 bridgehead atoms. The number of hydrogen-bond acceptors (Lipinski definition) is 8. The Morgan fingerprint density at radius 2 is 1.97 bits per heavy atom. The van der Waals surface area contributed by atoms with Crippen molar-refractivity contribution in [3.63, 3.8) is 0 Å². The molecule has 3 heterocycles. The number of aromatic nitrogens is 2. The van der Waals surface area contributed by atoms with Crippen molar-refractivity contribution >= 4 is 23.2 Å². The van der Waals surface area contributed by atoms with Gasteiger partial charge in [0.15, 0.2) is 5.76 Å². The van der Waals surface area contributed by atoms with Gasteiger partial charge >= 0.3 is 0 Å². The fourth-order valence-electron chi connectivity index (χ4n) is 4.63. The molecule has 1 fully saturated rings. The molecule has 192 valence electrons. The number of amides is 2. The van der Waals surface area contributed by atoms with Gasteiger partial charge in [0.25, 0.3) is 5.88 Å². The van der Waals surface area contributed by atoms with Gasteiger partial charge in [-0.05, 0) is 36.0 Å². The Labute approximate surface area is 214 Å². The minimum atomic E-state index is -0.779. The first-order chi connectivity index (χ1) is 17.2. The van der Waals surface area contributed by atoms with Gasteiger partial charge in [-0.3, -0.25) is 9.59 Å². The highest BCUT2D eigenvalue weighted by Gasteiger charge is 2.43. The van der Waals surface area contributed by atoms with E-state index in [4.69, 9.17) is 9.26 Å². The third-order valence-corrected chi connectivity index (χ3v) is 7.57. The van der Waals surface area contributed by atoms with E-state index in [1.807, 2.05) is 57.5 Å². The molecule has 0 spiro atoms. The maximum Gasteiger partial charge on any atom is 0.254 e. The predicted octanol–water partition coefficient (Wildman–Crippen LogP) is 3.69. The van der Waals surface area contributed by atoms with Crippen LogP contribution in [0.5, 0.6) is 5.88 Å². The Morgan fingerprint density at radius 3 is 2.56 bits per heavy atom. The van der Waals surface area contributed by atoms with E-state index >= 15 is 0 Å². The summed E-state index contributed by atoms with van der Waals surface area (Å²) in [6.07, 6.45) is -0.600. The van der Waals surface area contributed by atoms with E-state index in [0.717, 1.165) is 21.7 Å². The van der Waals surface area contributed by atoms with Crippen LogP contribution in [0.25, 0.3) is 10.4 Å². The van der Waals surface area contributed by atoms with Gasteiger partial charge in [0.05, 0.1) is 35.3 Å². The number of aryl methyl sites for hydroxylation is 1. The normalized spacial score (nSPS) is 19.4. The minimum Gasteiger partial charge on any atom is -0.479 e. The van der Waals surface area contributed by atoms with Crippen molar-refractivity contribution in [3.05, 3.63) is 52.9 Å². The van der Waals surface area contributed by atoms with Crippen molar-refractivity contribution < 1.29 is 24.0 Å². The van der Waals surface area contributed by atoms with Crippen LogP contribution in [0.2, 0.25) is 0 Å². The van der Waals surface area contributed by atoms with Gasteiger partial charge in [-0.25, -0.2) is 4.98 Å². The van der Waals surface area contributed by atoms with Crippen molar-refractivity contribution in [1.82, 2.24) is 20.4 Å². The second-order valence-corrected chi connectivity index (χ2v) is 10.4. The summed E-state index contributed by atoms with van der Waals surface area (Å²) in [5, 5.41) is 17.2. The molecule has 0 radical (unpaired) electrons. The number of β-amino-alcohol motifs (C(OH)–C–C–N with tert-alkyl or cyclic N) is 1. The minimum absolute atomic E-state index is 0.0860. The van der Waals surface area contributed by atoms with E-state index in [1.54, 1.807) is 17.4 Å². The van der Waals surface area contributed by atoms with Crippen molar-refractivity contribution in [2.75, 3.05) is 13.7 Å². The van der Waals surface area contributed by atoms with Gasteiger partial charge in [0.2, 0.25) is 11.8 Å². The lowest BCUT2D eigenvalue weighted by atomic mass is 9.91. The van der Waals surface area contributed by atoms with Crippen molar-refractivity contribution in [2.24, 2.45) is 5.92 Å². The van der Waals surface area contributed by atoms with E-state index in [1.165, 1.54) is 12.0 Å². The lowest BCUT2D eigenvalue weighted by molar-refractivity contribution is -0.141. The van der Waals surface area contributed by atoms with Gasteiger partial charge in [-0.2, -0.15) is 0 Å². The van der Waals surface area contributed by atoms with Crippen LogP contribution in [0.3, 0.4) is 0 Å². The number of thiazole rings is 1. The summed E-state index contributed by atoms with van der Waals surface area (Å²) in [6.45, 7) is 7.77. The Morgan fingerprint density at radius 1 is 1.25 bits per heavy atom. The highest BCUT2D eigenvalue weighted by atomic mass is 32.1. The molecule has 0 aliphatic carbocycles. The van der Waals surface area contributed by atoms with Crippen LogP contribution in [-0.2, 0) is 9.59 Å². The van der Waals surface area contributed by atoms with E-state index in [9.17, 15) is 14.7 Å². The van der Waals surface area contributed by atoms with Crippen LogP contribution in [0.15, 0.2) is 40.4 Å². The third kappa shape index (κ3) is 5.29. The number of rotatable bonds is 8. The third-order valence-electron chi connectivity index (χ3n) is 6.60. The largest absolute Gasteiger partial charge is 0.479 e. The molecule has 1 aliphatic rings. The zero-order valence-electron chi connectivity index (χ0n) is 21.1. The number of nitrogens with zero attached hydrogens (tertiary/aromatic N) is 3. The molecule has 1 aromatic carbocycles. The number of carbonyl (C=O) groups excluding carboxylic acids is 2. The first-order valence-electron chi connectivity index (χ1n) is 12.0. The molecule has 4 atom stereocenters. The van der Waals surface area contributed by atoms with E-state index < -0.39 is 18.1 Å². The molecule has 36 heavy (non-hydrogen) atoms. The van der Waals surface area contributed by atoms with Crippen molar-refractivity contribution in [1.29, 1.82) is 0 Å². The van der Waals surface area contributed by atoms with Gasteiger partial charge in [0, 0.05) is 19.0 Å². The number of aliphatic hydroxyl groups excluding tert-OH is 1. The number of aliphatic hydroxyl groups is 1. The van der Waals surface area contributed by atoms with Crippen LogP contribution in [0.4, 0.5) is 0 Å². The van der Waals surface area contributed by atoms with Crippen LogP contribution in [0, 0.1) is 12.8 Å². The summed E-state index contributed by atoms with van der Waals surface area (Å²) < 4.78 is 10.4. The second kappa shape index (κ2) is 10.8. The summed E-state index contributed by atoms with van der Waals surface area (Å²) in [4.78, 5) is 33.8. The quantitative estimate of drug-likeness (QED) is 0.473. The van der Waals surface area contributed by atoms with Crippen molar-refractivity contribution in [2.45, 2.75) is 58.2 Å². The molecule has 0 unspecified atom stereocenters. The topological polar surface area (TPSA) is 118 Å². The molecule has 1 saturated heterocycles. The molecule has 9 nitrogen and oxygen atoms in total. The highest BCUT2D eigenvalue weighted by Crippen LogP contribution is 2.33. The maximum absolute atomic E-state index is 13.6. The smallest absolute Gasteiger partial charge is 0.254 e. The number of carbonyl (C=O) groups is 2. The second-order valence-electron chi connectivity index (χ2n) is 9.51. The number of ether oxygens (including phenoxy) is 1. The predicted molar refractivity (Wildman–Crippen MR) is 136 cm³/mol. The Balaban J connectivity index is 1.47. The first kappa shape index (κ1) is 25.8. The maximum atomic E-state index is 13.6. The van der Waals surface area contributed by atoms with Crippen molar-refractivity contribution in [3.8, 4) is 16.3 Å². The monoisotopic (exact) mass is 512 g/mol. The summed E-state index contributed by atoms with van der Waals surface area (Å²) in [5.41, 5.74) is 4.84. The van der Waals surface area contributed by atoms with Crippen LogP contribution in [0.1, 0.15) is 56.2 Å². The van der Waals surface area contributed by atoms with Crippen LogP contribution >= 0.6 is 11.3 Å². The summed E-state index contributed by atoms with van der Waals surface area (Å²) in [5.74, 6) is -0.690. The van der Waals surface area contributed by atoms with E-state index in [2.05, 4.69) is 15.5 Å². The van der Waals surface area contributed by atoms with Gasteiger partial charge < -0.3 is 24.6 Å². The van der Waals surface area contributed by atoms with Gasteiger partial charge in [-0.1, -0.05) is 38.1 Å². The zero-order valence-corrected chi connectivity index (χ0v) is 21.9. The summed E-state index contributed by atoms with van der Waals surface area (Å²) >= 11 is 1.59. The average Bonchev–Trinajstić information content (AvgIpc) is 3.58. The van der Waals surface area contributed by atoms with Crippen LogP contribution < -0.4 is 10.1 Å². The fourth-order valence-corrected chi connectivity index (χ4v) is 5.44. The number of benzene rings is 1. The molecule has 3 aromatic rings. The van der Waals surface area contributed by atoms with Gasteiger partial charge in [-0.15, -0.1) is 11.3 Å². The highest BCUT2D eigenvalue weighted by molar-refractivity contribution is 7.13. The zero-order chi connectivity index (χ0) is 26.0.